The zero-order chi connectivity index (χ0) is 23.5. The lowest BCUT2D eigenvalue weighted by molar-refractivity contribution is -0.144. The van der Waals surface area contributed by atoms with Crippen molar-refractivity contribution in [3.8, 4) is 11.4 Å². The molecule has 2 aromatic carbocycles. The van der Waals surface area contributed by atoms with Crippen molar-refractivity contribution in [1.29, 1.82) is 0 Å². The van der Waals surface area contributed by atoms with Crippen LogP contribution in [-0.4, -0.2) is 39.5 Å². The number of halogens is 1. The van der Waals surface area contributed by atoms with Crippen LogP contribution in [0.4, 0.5) is 11.4 Å². The Morgan fingerprint density at radius 2 is 1.91 bits per heavy atom. The second kappa shape index (κ2) is 9.12. The Hall–Kier alpha value is -4.19. The minimum atomic E-state index is -0.721. The van der Waals surface area contributed by atoms with E-state index in [0.717, 1.165) is 0 Å². The number of H-pyrrole nitrogens is 2. The first-order valence-electron chi connectivity index (χ1n) is 9.52. The molecule has 2 amide bonds. The molecule has 33 heavy (non-hydrogen) atoms. The van der Waals surface area contributed by atoms with Crippen molar-refractivity contribution >= 4 is 56.0 Å². The standard InChI is InChI=1S/C21H16BrN5O6/c1-10(28)32-9-17(29)23-15-4-2-3-11-7-16(24-18(11)15)20(30)25-14-6-5-12(22)8-13(14)19-26-21(31)33-27-19/h2-8,24H,9H2,1H3,(H,23,29)(H,25,30)(H,26,27,31). The van der Waals surface area contributed by atoms with Gasteiger partial charge in [-0.25, -0.2) is 4.79 Å². The molecule has 0 atom stereocenters. The Labute approximate surface area is 193 Å². The number of carbonyl (C=O) groups is 3. The summed E-state index contributed by atoms with van der Waals surface area (Å²) in [6.45, 7) is 0.789. The molecule has 168 valence electrons. The number of nitrogens with one attached hydrogen (secondary N) is 4. The van der Waals surface area contributed by atoms with Gasteiger partial charge in [0.05, 0.1) is 16.9 Å². The number of benzene rings is 2. The number of esters is 1. The molecule has 0 aliphatic rings. The minimum Gasteiger partial charge on any atom is -0.456 e. The third-order valence-electron chi connectivity index (χ3n) is 4.51. The first-order valence-corrected chi connectivity index (χ1v) is 10.3. The SMILES string of the molecule is CC(=O)OCC(=O)Nc1cccc2cc(C(=O)Nc3ccc(Br)cc3-c3noc(=O)[nH]3)[nH]c12. The van der Waals surface area contributed by atoms with Crippen molar-refractivity contribution in [1.82, 2.24) is 15.1 Å². The fourth-order valence-corrected chi connectivity index (χ4v) is 3.45. The molecule has 12 heteroatoms. The van der Waals surface area contributed by atoms with Crippen molar-refractivity contribution in [3.05, 3.63) is 63.2 Å². The van der Waals surface area contributed by atoms with Gasteiger partial charge in [0.25, 0.3) is 11.8 Å². The normalized spacial score (nSPS) is 10.7. The average Bonchev–Trinajstić information content (AvgIpc) is 3.40. The van der Waals surface area contributed by atoms with E-state index in [1.165, 1.54) is 6.92 Å². The first kappa shape index (κ1) is 22.0. The summed E-state index contributed by atoms with van der Waals surface area (Å²) in [6, 6.07) is 11.8. The number of hydrogen-bond donors (Lipinski definition) is 4. The first-order chi connectivity index (χ1) is 15.8. The van der Waals surface area contributed by atoms with E-state index in [2.05, 4.69) is 46.2 Å². The molecule has 2 aromatic heterocycles. The lowest BCUT2D eigenvalue weighted by atomic mass is 10.1. The monoisotopic (exact) mass is 513 g/mol. The second-order valence-corrected chi connectivity index (χ2v) is 7.78. The van der Waals surface area contributed by atoms with Gasteiger partial charge in [0.1, 0.15) is 5.69 Å². The number of ether oxygens (including phenoxy) is 1. The quantitative estimate of drug-likeness (QED) is 0.288. The third kappa shape index (κ3) is 5.01. The van der Waals surface area contributed by atoms with Crippen molar-refractivity contribution in [3.63, 3.8) is 0 Å². The number of carbonyl (C=O) groups excluding carboxylic acids is 3. The molecule has 0 bridgehead atoms. The topological polar surface area (TPSA) is 159 Å². The summed E-state index contributed by atoms with van der Waals surface area (Å²) >= 11 is 3.35. The number of anilines is 2. The predicted octanol–water partition coefficient (Wildman–Crippen LogP) is 3.03. The summed E-state index contributed by atoms with van der Waals surface area (Å²) in [7, 11) is 0. The molecule has 4 rings (SSSR count). The van der Waals surface area contributed by atoms with E-state index in [1.807, 2.05) is 0 Å². The smallest absolute Gasteiger partial charge is 0.439 e. The highest BCUT2D eigenvalue weighted by atomic mass is 79.9. The van der Waals surface area contributed by atoms with Gasteiger partial charge in [0.2, 0.25) is 0 Å². The van der Waals surface area contributed by atoms with Gasteiger partial charge in [-0.05, 0) is 30.3 Å². The highest BCUT2D eigenvalue weighted by Gasteiger charge is 2.17. The fourth-order valence-electron chi connectivity index (χ4n) is 3.09. The molecule has 0 fully saturated rings. The van der Waals surface area contributed by atoms with Crippen LogP contribution in [0.3, 0.4) is 0 Å². The van der Waals surface area contributed by atoms with Gasteiger partial charge in [-0.2, -0.15) is 0 Å². The molecule has 0 spiro atoms. The van der Waals surface area contributed by atoms with Crippen LogP contribution in [0.2, 0.25) is 0 Å². The highest BCUT2D eigenvalue weighted by Crippen LogP contribution is 2.29. The molecule has 0 aliphatic carbocycles. The number of aromatic nitrogens is 3. The van der Waals surface area contributed by atoms with Crippen LogP contribution in [0.5, 0.6) is 0 Å². The number of fused-ring (bicyclic) bond motifs is 1. The van der Waals surface area contributed by atoms with Crippen molar-refractivity contribution in [2.24, 2.45) is 0 Å². The van der Waals surface area contributed by atoms with Gasteiger partial charge in [-0.1, -0.05) is 33.2 Å². The number of hydrogen-bond acceptors (Lipinski definition) is 7. The molecule has 0 saturated heterocycles. The summed E-state index contributed by atoms with van der Waals surface area (Å²) in [4.78, 5) is 52.7. The van der Waals surface area contributed by atoms with Crippen molar-refractivity contribution in [2.75, 3.05) is 17.2 Å². The van der Waals surface area contributed by atoms with Gasteiger partial charge in [0.15, 0.2) is 12.4 Å². The number of nitrogens with zero attached hydrogens (tertiary/aromatic N) is 1. The Morgan fingerprint density at radius 1 is 1.09 bits per heavy atom. The highest BCUT2D eigenvalue weighted by molar-refractivity contribution is 9.10. The Balaban J connectivity index is 1.59. The van der Waals surface area contributed by atoms with E-state index in [0.29, 0.717) is 32.3 Å². The van der Waals surface area contributed by atoms with Crippen molar-refractivity contribution < 1.29 is 23.6 Å². The van der Waals surface area contributed by atoms with Crippen molar-refractivity contribution in [2.45, 2.75) is 6.92 Å². The van der Waals surface area contributed by atoms with Crippen LogP contribution < -0.4 is 16.4 Å². The fraction of sp³-hybridized carbons (Fsp3) is 0.0952. The Kier molecular flexibility index (Phi) is 6.09. The largest absolute Gasteiger partial charge is 0.456 e. The molecule has 0 aliphatic heterocycles. The average molecular weight is 514 g/mol. The summed E-state index contributed by atoms with van der Waals surface area (Å²) in [6.07, 6.45) is 0. The zero-order valence-electron chi connectivity index (χ0n) is 17.0. The maximum Gasteiger partial charge on any atom is 0.439 e. The van der Waals surface area contributed by atoms with Gasteiger partial charge in [-0.3, -0.25) is 23.9 Å². The minimum absolute atomic E-state index is 0.158. The van der Waals surface area contributed by atoms with E-state index >= 15 is 0 Å². The molecule has 11 nitrogen and oxygen atoms in total. The van der Waals surface area contributed by atoms with Crippen LogP contribution >= 0.6 is 15.9 Å². The van der Waals surface area contributed by atoms with E-state index < -0.39 is 30.1 Å². The van der Waals surface area contributed by atoms with Gasteiger partial charge in [0, 0.05) is 22.3 Å². The van der Waals surface area contributed by atoms with Crippen LogP contribution in [-0.2, 0) is 14.3 Å². The molecular weight excluding hydrogens is 498 g/mol. The lowest BCUT2D eigenvalue weighted by Crippen LogP contribution is -2.20. The number of aromatic amines is 2. The van der Waals surface area contributed by atoms with Crippen LogP contribution in [0.15, 0.2) is 56.3 Å². The van der Waals surface area contributed by atoms with E-state index in [1.54, 1.807) is 42.5 Å². The number of para-hydroxylation sites is 1. The molecule has 0 radical (unpaired) electrons. The maximum atomic E-state index is 13.0. The summed E-state index contributed by atoms with van der Waals surface area (Å²) < 4.78 is 9.96. The molecule has 0 saturated carbocycles. The van der Waals surface area contributed by atoms with Crippen LogP contribution in [0.1, 0.15) is 17.4 Å². The molecule has 2 heterocycles. The summed E-state index contributed by atoms with van der Waals surface area (Å²) in [5, 5.41) is 9.78. The molecule has 4 N–H and O–H groups in total. The zero-order valence-corrected chi connectivity index (χ0v) is 18.6. The predicted molar refractivity (Wildman–Crippen MR) is 122 cm³/mol. The van der Waals surface area contributed by atoms with Crippen LogP contribution in [0, 0.1) is 0 Å². The number of amides is 2. The lowest BCUT2D eigenvalue weighted by Gasteiger charge is -2.09. The van der Waals surface area contributed by atoms with E-state index in [4.69, 9.17) is 4.74 Å². The molecule has 4 aromatic rings. The summed E-state index contributed by atoms with van der Waals surface area (Å²) in [5.74, 6) is -2.10. The molecular formula is C21H16BrN5O6. The van der Waals surface area contributed by atoms with Gasteiger partial charge < -0.3 is 20.4 Å². The Bertz CT molecular complexity index is 1440. The summed E-state index contributed by atoms with van der Waals surface area (Å²) in [5.41, 5.74) is 2.01. The van der Waals surface area contributed by atoms with E-state index in [9.17, 15) is 19.2 Å². The second-order valence-electron chi connectivity index (χ2n) is 6.87. The third-order valence-corrected chi connectivity index (χ3v) is 5.00. The van der Waals surface area contributed by atoms with Gasteiger partial charge in [-0.15, -0.1) is 0 Å². The van der Waals surface area contributed by atoms with Crippen LogP contribution in [0.25, 0.3) is 22.3 Å². The Morgan fingerprint density at radius 3 is 2.64 bits per heavy atom. The maximum absolute atomic E-state index is 13.0. The van der Waals surface area contributed by atoms with E-state index in [-0.39, 0.29) is 11.5 Å². The number of rotatable bonds is 6. The molecule has 0 unspecified atom stereocenters. The van der Waals surface area contributed by atoms with Gasteiger partial charge >= 0.3 is 11.7 Å².